The molecule has 0 heterocycles. The van der Waals surface area contributed by atoms with Crippen LogP contribution >= 0.6 is 15.6 Å². The van der Waals surface area contributed by atoms with E-state index in [0.717, 1.165) is 95.8 Å². The van der Waals surface area contributed by atoms with Crippen molar-refractivity contribution in [3.05, 3.63) is 0 Å². The van der Waals surface area contributed by atoms with E-state index in [9.17, 15) is 43.2 Å². The van der Waals surface area contributed by atoms with Gasteiger partial charge in [0.05, 0.1) is 26.4 Å². The van der Waals surface area contributed by atoms with Gasteiger partial charge in [-0.2, -0.15) is 0 Å². The van der Waals surface area contributed by atoms with Crippen molar-refractivity contribution in [1.29, 1.82) is 0 Å². The summed E-state index contributed by atoms with van der Waals surface area (Å²) in [6.07, 6.45) is 61.2. The molecule has 0 aliphatic heterocycles. The summed E-state index contributed by atoms with van der Waals surface area (Å²) in [5.74, 6) is -1.26. The lowest BCUT2D eigenvalue weighted by Gasteiger charge is -2.21. The molecule has 0 fully saturated rings. The number of ether oxygens (including phenoxy) is 4. The molecule has 0 saturated carbocycles. The molecule has 0 aliphatic rings. The first-order valence-corrected chi connectivity index (χ1v) is 43.7. The first-order valence-electron chi connectivity index (χ1n) is 40.7. The van der Waals surface area contributed by atoms with Crippen molar-refractivity contribution < 1.29 is 80.2 Å². The highest BCUT2D eigenvalue weighted by Gasteiger charge is 2.30. The number of hydrogen-bond acceptors (Lipinski definition) is 15. The van der Waals surface area contributed by atoms with E-state index in [1.165, 1.54) is 238 Å². The van der Waals surface area contributed by atoms with Gasteiger partial charge in [-0.05, 0) is 31.6 Å². The molecule has 0 spiro atoms. The monoisotopic (exact) mass is 1420 g/mol. The second kappa shape index (κ2) is 71.1. The molecule has 0 aliphatic carbocycles. The number of phosphoric acid groups is 2. The van der Waals surface area contributed by atoms with Crippen LogP contribution in [0.5, 0.6) is 0 Å². The normalized spacial score (nSPS) is 14.2. The summed E-state index contributed by atoms with van der Waals surface area (Å²) in [7, 11) is -9.91. The van der Waals surface area contributed by atoms with Gasteiger partial charge in [0.15, 0.2) is 12.2 Å². The van der Waals surface area contributed by atoms with Crippen molar-refractivity contribution >= 4 is 39.5 Å². The van der Waals surface area contributed by atoms with Crippen molar-refractivity contribution in [2.45, 2.75) is 432 Å². The topological polar surface area (TPSA) is 237 Å². The zero-order valence-corrected chi connectivity index (χ0v) is 65.0. The van der Waals surface area contributed by atoms with Crippen LogP contribution in [0.3, 0.4) is 0 Å². The highest BCUT2D eigenvalue weighted by molar-refractivity contribution is 7.47. The van der Waals surface area contributed by atoms with Gasteiger partial charge < -0.3 is 33.8 Å². The van der Waals surface area contributed by atoms with Crippen molar-refractivity contribution in [3.63, 3.8) is 0 Å². The molecular formula is C78H152O17P2. The Morgan fingerprint density at radius 3 is 0.732 bits per heavy atom. The number of esters is 4. The van der Waals surface area contributed by atoms with Crippen molar-refractivity contribution in [3.8, 4) is 0 Å². The fraction of sp³-hybridized carbons (Fsp3) is 0.949. The highest BCUT2D eigenvalue weighted by atomic mass is 31.2. The Labute approximate surface area is 594 Å². The predicted molar refractivity (Wildman–Crippen MR) is 395 cm³/mol. The SMILES string of the molecule is CCCCCCCCCCCCCCCCCCCCCCCC(=O)O[C@H](COC(=O)CCCCCCCCCCCCCCCCC(C)CC)COP(=O)(O)OC[C@@H](O)COP(=O)(O)OC[C@@H](COC(=O)CCCCCCCCCCC)OC(=O)CCCCCCCCCCC. The third kappa shape index (κ3) is 70.9. The molecule has 97 heavy (non-hydrogen) atoms. The molecule has 0 rings (SSSR count). The maximum atomic E-state index is 13.1. The van der Waals surface area contributed by atoms with E-state index in [4.69, 9.17) is 37.0 Å². The largest absolute Gasteiger partial charge is 0.472 e. The molecule has 0 saturated heterocycles. The van der Waals surface area contributed by atoms with E-state index in [1.807, 2.05) is 0 Å². The third-order valence-electron chi connectivity index (χ3n) is 18.6. The van der Waals surface area contributed by atoms with Crippen LogP contribution < -0.4 is 0 Å². The molecule has 0 amide bonds. The molecule has 6 atom stereocenters. The van der Waals surface area contributed by atoms with Crippen LogP contribution in [0.2, 0.25) is 0 Å². The summed E-state index contributed by atoms with van der Waals surface area (Å²) in [5, 5.41) is 10.6. The Morgan fingerprint density at radius 2 is 0.495 bits per heavy atom. The third-order valence-corrected chi connectivity index (χ3v) is 20.5. The van der Waals surface area contributed by atoms with Crippen LogP contribution in [0.25, 0.3) is 0 Å². The van der Waals surface area contributed by atoms with E-state index < -0.39 is 97.5 Å². The molecule has 0 radical (unpaired) electrons. The molecule has 0 aromatic heterocycles. The van der Waals surface area contributed by atoms with E-state index >= 15 is 0 Å². The average Bonchev–Trinajstić information content (AvgIpc) is 1.56. The molecule has 0 aromatic rings. The lowest BCUT2D eigenvalue weighted by molar-refractivity contribution is -0.161. The summed E-state index contributed by atoms with van der Waals surface area (Å²) < 4.78 is 68.5. The zero-order chi connectivity index (χ0) is 71.2. The van der Waals surface area contributed by atoms with Crippen LogP contribution in [0.1, 0.15) is 413 Å². The van der Waals surface area contributed by atoms with Gasteiger partial charge in [-0.15, -0.1) is 0 Å². The van der Waals surface area contributed by atoms with E-state index in [0.29, 0.717) is 25.7 Å². The number of hydrogen-bond donors (Lipinski definition) is 3. The fourth-order valence-corrected chi connectivity index (χ4v) is 13.6. The summed E-state index contributed by atoms with van der Waals surface area (Å²) in [6.45, 7) is 7.32. The van der Waals surface area contributed by atoms with Gasteiger partial charge in [0.25, 0.3) is 0 Å². The van der Waals surface area contributed by atoms with Crippen LogP contribution in [-0.4, -0.2) is 96.7 Å². The maximum absolute atomic E-state index is 13.1. The fourth-order valence-electron chi connectivity index (χ4n) is 12.0. The lowest BCUT2D eigenvalue weighted by Crippen LogP contribution is -2.30. The van der Waals surface area contributed by atoms with Gasteiger partial charge in [-0.3, -0.25) is 37.3 Å². The predicted octanol–water partition coefficient (Wildman–Crippen LogP) is 23.3. The number of carbonyl (C=O) groups excluding carboxylic acids is 4. The average molecular weight is 1420 g/mol. The highest BCUT2D eigenvalue weighted by Crippen LogP contribution is 2.45. The molecule has 3 N–H and O–H groups in total. The number of phosphoric ester groups is 2. The van der Waals surface area contributed by atoms with Crippen LogP contribution in [0.15, 0.2) is 0 Å². The minimum absolute atomic E-state index is 0.106. The molecule has 0 bridgehead atoms. The first-order chi connectivity index (χ1) is 47.1. The van der Waals surface area contributed by atoms with E-state index in [1.54, 1.807) is 0 Å². The summed E-state index contributed by atoms with van der Waals surface area (Å²) in [5.41, 5.74) is 0. The lowest BCUT2D eigenvalue weighted by atomic mass is 9.99. The van der Waals surface area contributed by atoms with Crippen LogP contribution in [0, 0.1) is 5.92 Å². The molecule has 576 valence electrons. The Morgan fingerprint density at radius 1 is 0.289 bits per heavy atom. The Balaban J connectivity index is 5.17. The minimum Gasteiger partial charge on any atom is -0.462 e. The first kappa shape index (κ1) is 95.1. The van der Waals surface area contributed by atoms with Gasteiger partial charge >= 0.3 is 39.5 Å². The molecular weight excluding hydrogens is 1270 g/mol. The number of aliphatic hydroxyl groups is 1. The maximum Gasteiger partial charge on any atom is 0.472 e. The Kier molecular flexibility index (Phi) is 69.6. The van der Waals surface area contributed by atoms with Crippen molar-refractivity contribution in [1.82, 2.24) is 0 Å². The van der Waals surface area contributed by atoms with Gasteiger partial charge in [0, 0.05) is 25.7 Å². The Hall–Kier alpha value is -1.94. The van der Waals surface area contributed by atoms with Gasteiger partial charge in [-0.25, -0.2) is 9.13 Å². The number of carbonyl (C=O) groups is 4. The second-order valence-electron chi connectivity index (χ2n) is 28.3. The number of rotatable bonds is 78. The molecule has 3 unspecified atom stereocenters. The quantitative estimate of drug-likeness (QED) is 0.0222. The van der Waals surface area contributed by atoms with Gasteiger partial charge in [0.1, 0.15) is 19.3 Å². The van der Waals surface area contributed by atoms with Crippen LogP contribution in [-0.2, 0) is 65.4 Å². The summed E-state index contributed by atoms with van der Waals surface area (Å²) in [6, 6.07) is 0. The van der Waals surface area contributed by atoms with Crippen molar-refractivity contribution in [2.75, 3.05) is 39.6 Å². The van der Waals surface area contributed by atoms with Crippen molar-refractivity contribution in [2.24, 2.45) is 5.92 Å². The standard InChI is InChI=1S/C78H152O17P2/c1-6-10-13-16-19-22-23-24-25-26-27-28-29-30-31-36-39-44-49-54-59-64-78(83)95-74(68-89-76(81)62-57-52-47-43-38-35-33-32-34-37-42-45-50-55-60-71(5)9-4)70-93-97(86,87)91-66-72(79)65-90-96(84,85)92-69-73(94-77(82)63-58-53-48-41-21-18-15-12-8-3)67-88-75(80)61-56-51-46-40-20-17-14-11-7-2/h71-74,79H,6-70H2,1-5H3,(H,84,85)(H,86,87)/t71?,72-,73+,74+/m0/s1. The molecule has 17 nitrogen and oxygen atoms in total. The van der Waals surface area contributed by atoms with E-state index in [-0.39, 0.29) is 25.7 Å². The Bertz CT molecular complexity index is 1860. The number of unbranched alkanes of at least 4 members (excludes halogenated alkanes) is 49. The second-order valence-corrected chi connectivity index (χ2v) is 31.3. The van der Waals surface area contributed by atoms with Gasteiger partial charge in [-0.1, -0.05) is 362 Å². The molecule has 19 heteroatoms. The zero-order valence-electron chi connectivity index (χ0n) is 63.2. The summed E-state index contributed by atoms with van der Waals surface area (Å²) >= 11 is 0. The van der Waals surface area contributed by atoms with Gasteiger partial charge in [0.2, 0.25) is 0 Å². The number of aliphatic hydroxyl groups excluding tert-OH is 1. The summed E-state index contributed by atoms with van der Waals surface area (Å²) in [4.78, 5) is 72.7. The minimum atomic E-state index is -4.96. The van der Waals surface area contributed by atoms with Crippen LogP contribution in [0.4, 0.5) is 0 Å². The van der Waals surface area contributed by atoms with E-state index in [2.05, 4.69) is 34.6 Å². The smallest absolute Gasteiger partial charge is 0.462 e. The molecule has 0 aromatic carbocycles.